The van der Waals surface area contributed by atoms with Crippen LogP contribution in [0.2, 0.25) is 0 Å². The molecule has 1 unspecified atom stereocenters. The van der Waals surface area contributed by atoms with Crippen molar-refractivity contribution in [3.8, 4) is 5.88 Å². The fourth-order valence-corrected chi connectivity index (χ4v) is 3.04. The zero-order chi connectivity index (χ0) is 16.2. The van der Waals surface area contributed by atoms with Crippen LogP contribution in [-0.2, 0) is 11.3 Å². The van der Waals surface area contributed by atoms with E-state index in [1.807, 2.05) is 4.57 Å². The van der Waals surface area contributed by atoms with Crippen LogP contribution < -0.4 is 15.4 Å². The van der Waals surface area contributed by atoms with Gasteiger partial charge in [-0.05, 0) is 12.8 Å². The molecule has 0 aliphatic carbocycles. The second-order valence-corrected chi connectivity index (χ2v) is 5.55. The van der Waals surface area contributed by atoms with Crippen LogP contribution in [0.1, 0.15) is 24.6 Å². The molecule has 1 aliphatic heterocycles. The quantitative estimate of drug-likeness (QED) is 0.865. The van der Waals surface area contributed by atoms with Gasteiger partial charge in [-0.1, -0.05) is 0 Å². The van der Waals surface area contributed by atoms with Crippen LogP contribution >= 0.6 is 0 Å². The van der Waals surface area contributed by atoms with Crippen molar-refractivity contribution < 1.29 is 9.53 Å². The number of carbonyl (C=O) groups excluding carboxylic acids is 1. The van der Waals surface area contributed by atoms with Gasteiger partial charge in [0.05, 0.1) is 7.11 Å². The Morgan fingerprint density at radius 1 is 1.35 bits per heavy atom. The molecule has 0 radical (unpaired) electrons. The molecule has 0 aromatic carbocycles. The molecule has 1 atom stereocenters. The molecular weight excluding hydrogens is 296 g/mol. The molecule has 1 fully saturated rings. The molecule has 3 heterocycles. The average Bonchev–Trinajstić information content (AvgIpc) is 3.02. The number of methoxy groups -OCH3 is 1. The number of hydrogen-bond acceptors (Lipinski definition) is 6. The van der Waals surface area contributed by atoms with Gasteiger partial charge in [0.2, 0.25) is 5.91 Å². The van der Waals surface area contributed by atoms with Crippen molar-refractivity contribution in [2.45, 2.75) is 25.3 Å². The average molecular weight is 316 g/mol. The molecule has 122 valence electrons. The van der Waals surface area contributed by atoms with Gasteiger partial charge >= 0.3 is 0 Å². The number of primary amides is 1. The number of aromatic nitrogens is 4. The minimum Gasteiger partial charge on any atom is -0.478 e. The molecule has 0 bridgehead atoms. The highest BCUT2D eigenvalue weighted by molar-refractivity contribution is 5.73. The summed E-state index contributed by atoms with van der Waals surface area (Å²) >= 11 is 0. The summed E-state index contributed by atoms with van der Waals surface area (Å²) in [7, 11) is 1.59. The highest BCUT2D eigenvalue weighted by Gasteiger charge is 2.27. The number of piperidine rings is 1. The lowest BCUT2D eigenvalue weighted by Gasteiger charge is -2.33. The maximum atomic E-state index is 11.2. The Hall–Kier alpha value is -2.64. The van der Waals surface area contributed by atoms with Crippen LogP contribution in [-0.4, -0.2) is 45.6 Å². The van der Waals surface area contributed by atoms with E-state index in [-0.39, 0.29) is 18.4 Å². The summed E-state index contributed by atoms with van der Waals surface area (Å²) in [5.41, 5.74) is 5.31. The Labute approximate surface area is 134 Å². The zero-order valence-corrected chi connectivity index (χ0v) is 13.1. The highest BCUT2D eigenvalue weighted by atomic mass is 16.5. The Kier molecular flexibility index (Phi) is 4.40. The van der Waals surface area contributed by atoms with E-state index in [0.717, 1.165) is 37.6 Å². The van der Waals surface area contributed by atoms with E-state index in [1.54, 1.807) is 31.9 Å². The summed E-state index contributed by atoms with van der Waals surface area (Å²) in [6.45, 7) is 1.80. The largest absolute Gasteiger partial charge is 0.478 e. The van der Waals surface area contributed by atoms with Crippen molar-refractivity contribution in [2.24, 2.45) is 5.73 Å². The highest BCUT2D eigenvalue weighted by Crippen LogP contribution is 2.31. The minimum absolute atomic E-state index is 0.153. The Bertz CT molecular complexity index is 686. The lowest BCUT2D eigenvalue weighted by atomic mass is 9.97. The second kappa shape index (κ2) is 6.64. The van der Waals surface area contributed by atoms with Gasteiger partial charge in [0, 0.05) is 43.8 Å². The monoisotopic (exact) mass is 316 g/mol. The van der Waals surface area contributed by atoms with Crippen LogP contribution in [0.4, 0.5) is 5.82 Å². The van der Waals surface area contributed by atoms with E-state index in [0.29, 0.717) is 5.88 Å². The van der Waals surface area contributed by atoms with Gasteiger partial charge in [0.15, 0.2) is 5.82 Å². The van der Waals surface area contributed by atoms with Crippen molar-refractivity contribution >= 4 is 11.7 Å². The molecule has 8 nitrogen and oxygen atoms in total. The fraction of sp³-hybridized carbons (Fsp3) is 0.467. The molecule has 8 heteroatoms. The number of hydrogen-bond donors (Lipinski definition) is 1. The number of amides is 1. The van der Waals surface area contributed by atoms with Crippen LogP contribution in [0.15, 0.2) is 24.8 Å². The van der Waals surface area contributed by atoms with Crippen molar-refractivity contribution in [1.82, 2.24) is 19.5 Å². The maximum Gasteiger partial charge on any atom is 0.257 e. The van der Waals surface area contributed by atoms with Gasteiger partial charge < -0.3 is 19.9 Å². The first-order valence-corrected chi connectivity index (χ1v) is 7.58. The Balaban J connectivity index is 1.81. The molecule has 0 spiro atoms. The number of anilines is 1. The summed E-state index contributed by atoms with van der Waals surface area (Å²) in [6.07, 6.45) is 8.80. The van der Waals surface area contributed by atoms with Crippen LogP contribution in [0, 0.1) is 0 Å². The van der Waals surface area contributed by atoms with E-state index in [1.165, 1.54) is 0 Å². The van der Waals surface area contributed by atoms with E-state index >= 15 is 0 Å². The van der Waals surface area contributed by atoms with E-state index in [4.69, 9.17) is 10.5 Å². The van der Waals surface area contributed by atoms with E-state index < -0.39 is 0 Å². The van der Waals surface area contributed by atoms with Crippen molar-refractivity contribution in [3.63, 3.8) is 0 Å². The molecular formula is C15H20N6O2. The molecule has 0 saturated carbocycles. The van der Waals surface area contributed by atoms with Crippen molar-refractivity contribution in [2.75, 3.05) is 25.1 Å². The Morgan fingerprint density at radius 2 is 2.17 bits per heavy atom. The fourth-order valence-electron chi connectivity index (χ4n) is 3.04. The summed E-state index contributed by atoms with van der Waals surface area (Å²) in [5, 5.41) is 0. The molecule has 1 amide bonds. The number of nitrogens with two attached hydrogens (primary N) is 1. The van der Waals surface area contributed by atoms with Crippen LogP contribution in [0.3, 0.4) is 0 Å². The lowest BCUT2D eigenvalue weighted by Crippen LogP contribution is -2.36. The molecule has 1 aliphatic rings. The minimum atomic E-state index is -0.368. The van der Waals surface area contributed by atoms with Gasteiger partial charge in [-0.2, -0.15) is 0 Å². The topological polar surface area (TPSA) is 99.2 Å². The number of imidazole rings is 1. The molecule has 2 N–H and O–H groups in total. The molecule has 23 heavy (non-hydrogen) atoms. The third kappa shape index (κ3) is 3.25. The van der Waals surface area contributed by atoms with Crippen LogP contribution in [0.5, 0.6) is 5.88 Å². The Morgan fingerprint density at radius 3 is 2.96 bits per heavy atom. The maximum absolute atomic E-state index is 11.2. The summed E-state index contributed by atoms with van der Waals surface area (Å²) in [4.78, 5) is 26.4. The first-order chi connectivity index (χ1) is 11.2. The predicted molar refractivity (Wildman–Crippen MR) is 84.2 cm³/mol. The van der Waals surface area contributed by atoms with Gasteiger partial charge in [-0.3, -0.25) is 4.79 Å². The smallest absolute Gasteiger partial charge is 0.257 e. The third-order valence-corrected chi connectivity index (χ3v) is 4.00. The van der Waals surface area contributed by atoms with Gasteiger partial charge in [0.1, 0.15) is 12.4 Å². The number of carbonyl (C=O) groups is 1. The normalized spacial score (nSPS) is 18.0. The van der Waals surface area contributed by atoms with E-state index in [2.05, 4.69) is 19.9 Å². The van der Waals surface area contributed by atoms with Crippen molar-refractivity contribution in [1.29, 1.82) is 0 Å². The molecule has 2 aromatic heterocycles. The number of ether oxygens (including phenoxy) is 1. The molecule has 1 saturated heterocycles. The van der Waals surface area contributed by atoms with E-state index in [9.17, 15) is 4.79 Å². The molecule has 2 aromatic rings. The van der Waals surface area contributed by atoms with Gasteiger partial charge in [0.25, 0.3) is 5.88 Å². The summed E-state index contributed by atoms with van der Waals surface area (Å²) in [6, 6.07) is 0. The number of nitrogens with zero attached hydrogens (tertiary/aromatic N) is 5. The van der Waals surface area contributed by atoms with Crippen LogP contribution in [0.25, 0.3) is 0 Å². The lowest BCUT2D eigenvalue weighted by molar-refractivity contribution is -0.118. The number of rotatable bonds is 5. The van der Waals surface area contributed by atoms with Gasteiger partial charge in [-0.15, -0.1) is 0 Å². The standard InChI is InChI=1S/C15H20N6O2/c1-23-15-14(17-4-5-19-15)20-7-2-3-11(9-20)13-18-6-8-21(13)10-12(16)22/h4-6,8,11H,2-3,7,9-10H2,1H3,(H2,16,22). The first-order valence-electron chi connectivity index (χ1n) is 7.58. The predicted octanol–water partition coefficient (Wildman–Crippen LogP) is 0.551. The third-order valence-electron chi connectivity index (χ3n) is 4.00. The van der Waals surface area contributed by atoms with Crippen molar-refractivity contribution in [3.05, 3.63) is 30.6 Å². The van der Waals surface area contributed by atoms with Gasteiger partial charge in [-0.25, -0.2) is 15.0 Å². The summed E-state index contributed by atoms with van der Waals surface area (Å²) < 4.78 is 7.13. The first kappa shape index (κ1) is 15.3. The SMILES string of the molecule is COc1nccnc1N1CCCC(c2nccn2CC(N)=O)C1. The summed E-state index contributed by atoms with van der Waals surface area (Å²) in [5.74, 6) is 2.00. The second-order valence-electron chi connectivity index (χ2n) is 5.55. The molecule has 3 rings (SSSR count). The zero-order valence-electron chi connectivity index (χ0n) is 13.1.